The normalized spacial score (nSPS) is 14.5. The molecule has 0 bridgehead atoms. The van der Waals surface area contributed by atoms with E-state index in [9.17, 15) is 13.2 Å². The molecule has 0 atom stereocenters. The first-order chi connectivity index (χ1) is 15.9. The van der Waals surface area contributed by atoms with Crippen molar-refractivity contribution in [3.63, 3.8) is 0 Å². The highest BCUT2D eigenvalue weighted by molar-refractivity contribution is 7.89. The Morgan fingerprint density at radius 2 is 1.73 bits per heavy atom. The number of nitrogens with one attached hydrogen (secondary N) is 1. The maximum atomic E-state index is 13.0. The Morgan fingerprint density at radius 1 is 1.03 bits per heavy atom. The second-order valence-corrected chi connectivity index (χ2v) is 9.28. The van der Waals surface area contributed by atoms with Crippen molar-refractivity contribution in [2.45, 2.75) is 24.7 Å². The van der Waals surface area contributed by atoms with E-state index in [1.807, 2.05) is 19.1 Å². The van der Waals surface area contributed by atoms with Crippen molar-refractivity contribution in [2.24, 2.45) is 0 Å². The molecule has 1 fully saturated rings. The smallest absolute Gasteiger partial charge is 0.243 e. The van der Waals surface area contributed by atoms with Gasteiger partial charge in [0.2, 0.25) is 15.9 Å². The van der Waals surface area contributed by atoms with Gasteiger partial charge >= 0.3 is 0 Å². The van der Waals surface area contributed by atoms with E-state index < -0.39 is 10.0 Å². The number of morpholine rings is 1. The van der Waals surface area contributed by atoms with Crippen molar-refractivity contribution in [3.8, 4) is 17.2 Å². The van der Waals surface area contributed by atoms with Crippen LogP contribution in [0, 0.1) is 0 Å². The highest BCUT2D eigenvalue weighted by atomic mass is 32.2. The quantitative estimate of drug-likeness (QED) is 0.560. The number of sulfonamides is 1. The van der Waals surface area contributed by atoms with Gasteiger partial charge < -0.3 is 24.3 Å². The number of benzene rings is 2. The average Bonchev–Trinajstić information content (AvgIpc) is 2.84. The summed E-state index contributed by atoms with van der Waals surface area (Å²) < 4.78 is 48.8. The molecular weight excluding hydrogens is 448 g/mol. The van der Waals surface area contributed by atoms with Gasteiger partial charge in [0.15, 0.2) is 11.5 Å². The van der Waals surface area contributed by atoms with Gasteiger partial charge in [-0.05, 0) is 49.2 Å². The number of carbonyl (C=O) groups is 1. The molecule has 1 aliphatic rings. The molecule has 10 heteroatoms. The molecule has 2 aromatic carbocycles. The van der Waals surface area contributed by atoms with Crippen LogP contribution in [0.4, 0.5) is 5.69 Å². The standard InChI is InChI=1S/C23H30N2O7S/c1-4-32-20-9-7-18(33(27,28)25-11-13-31-14-12-25)16-19(20)24-23(26)10-6-17-5-8-21(29-2)22(15-17)30-3/h5,7-9,15-16H,4,6,10-14H2,1-3H3,(H,24,26). The summed E-state index contributed by atoms with van der Waals surface area (Å²) >= 11 is 0. The SMILES string of the molecule is CCOc1ccc(S(=O)(=O)N2CCOCC2)cc1NC(=O)CCc1ccc(OC)c(OC)c1. The lowest BCUT2D eigenvalue weighted by atomic mass is 10.1. The number of nitrogens with zero attached hydrogens (tertiary/aromatic N) is 1. The van der Waals surface area contributed by atoms with E-state index in [0.29, 0.717) is 62.3 Å². The Kier molecular flexibility index (Phi) is 8.54. The first-order valence-corrected chi connectivity index (χ1v) is 12.2. The Balaban J connectivity index is 1.74. The van der Waals surface area contributed by atoms with Crippen LogP contribution in [0.25, 0.3) is 0 Å². The molecule has 2 aromatic rings. The maximum absolute atomic E-state index is 13.0. The Hall–Kier alpha value is -2.82. The summed E-state index contributed by atoms with van der Waals surface area (Å²) in [6, 6.07) is 10.0. The van der Waals surface area contributed by atoms with E-state index in [1.54, 1.807) is 26.4 Å². The maximum Gasteiger partial charge on any atom is 0.243 e. The molecule has 0 unspecified atom stereocenters. The van der Waals surface area contributed by atoms with Crippen molar-refractivity contribution in [3.05, 3.63) is 42.0 Å². The third kappa shape index (κ3) is 6.16. The number of aryl methyl sites for hydroxylation is 1. The minimum atomic E-state index is -3.70. The van der Waals surface area contributed by atoms with Gasteiger partial charge in [0.25, 0.3) is 0 Å². The van der Waals surface area contributed by atoms with Gasteiger partial charge in [0, 0.05) is 19.5 Å². The van der Waals surface area contributed by atoms with Gasteiger partial charge in [-0.3, -0.25) is 4.79 Å². The zero-order chi connectivity index (χ0) is 23.8. The first-order valence-electron chi connectivity index (χ1n) is 10.7. The number of ether oxygens (including phenoxy) is 4. The largest absolute Gasteiger partial charge is 0.493 e. The Bertz CT molecular complexity index is 1070. The number of anilines is 1. The van der Waals surface area contributed by atoms with Gasteiger partial charge in [0.1, 0.15) is 5.75 Å². The predicted octanol–water partition coefficient (Wildman–Crippen LogP) is 2.69. The van der Waals surface area contributed by atoms with Crippen LogP contribution >= 0.6 is 0 Å². The molecule has 0 radical (unpaired) electrons. The minimum Gasteiger partial charge on any atom is -0.493 e. The summed E-state index contributed by atoms with van der Waals surface area (Å²) in [6.45, 7) is 3.50. The third-order valence-corrected chi connectivity index (χ3v) is 7.12. The number of hydrogen-bond acceptors (Lipinski definition) is 7. The molecule has 180 valence electrons. The van der Waals surface area contributed by atoms with Crippen LogP contribution in [-0.4, -0.2) is 65.8 Å². The van der Waals surface area contributed by atoms with E-state index in [0.717, 1.165) is 5.56 Å². The summed E-state index contributed by atoms with van der Waals surface area (Å²) in [7, 11) is -0.580. The second kappa shape index (κ2) is 11.4. The second-order valence-electron chi connectivity index (χ2n) is 7.34. The minimum absolute atomic E-state index is 0.100. The summed E-state index contributed by atoms with van der Waals surface area (Å²) in [5, 5.41) is 2.80. The van der Waals surface area contributed by atoms with Crippen LogP contribution in [-0.2, 0) is 26.0 Å². The van der Waals surface area contributed by atoms with Gasteiger partial charge in [-0.2, -0.15) is 4.31 Å². The van der Waals surface area contributed by atoms with Crippen LogP contribution in [0.2, 0.25) is 0 Å². The van der Waals surface area contributed by atoms with Crippen molar-refractivity contribution in [1.29, 1.82) is 0 Å². The molecule has 9 nitrogen and oxygen atoms in total. The lowest BCUT2D eigenvalue weighted by molar-refractivity contribution is -0.116. The number of methoxy groups -OCH3 is 2. The molecule has 33 heavy (non-hydrogen) atoms. The van der Waals surface area contributed by atoms with Gasteiger partial charge in [-0.1, -0.05) is 6.07 Å². The Morgan fingerprint density at radius 3 is 2.39 bits per heavy atom. The van der Waals surface area contributed by atoms with E-state index in [2.05, 4.69) is 5.32 Å². The van der Waals surface area contributed by atoms with E-state index in [4.69, 9.17) is 18.9 Å². The summed E-state index contributed by atoms with van der Waals surface area (Å²) in [5.41, 5.74) is 1.24. The third-order valence-electron chi connectivity index (χ3n) is 5.22. The molecule has 0 aliphatic carbocycles. The lowest BCUT2D eigenvalue weighted by Gasteiger charge is -2.26. The van der Waals surface area contributed by atoms with Crippen molar-refractivity contribution < 1.29 is 32.2 Å². The fourth-order valence-electron chi connectivity index (χ4n) is 3.49. The fourth-order valence-corrected chi connectivity index (χ4v) is 4.93. The molecule has 1 heterocycles. The molecule has 0 aromatic heterocycles. The lowest BCUT2D eigenvalue weighted by Crippen LogP contribution is -2.40. The Labute approximate surface area is 194 Å². The van der Waals surface area contributed by atoms with Crippen LogP contribution in [0.5, 0.6) is 17.2 Å². The number of hydrogen-bond donors (Lipinski definition) is 1. The van der Waals surface area contributed by atoms with Crippen molar-refractivity contribution in [2.75, 3.05) is 52.4 Å². The predicted molar refractivity (Wildman–Crippen MR) is 124 cm³/mol. The monoisotopic (exact) mass is 478 g/mol. The molecular formula is C23H30N2O7S. The van der Waals surface area contributed by atoms with Crippen LogP contribution < -0.4 is 19.5 Å². The molecule has 1 aliphatic heterocycles. The number of carbonyl (C=O) groups excluding carboxylic acids is 1. The summed E-state index contributed by atoms with van der Waals surface area (Å²) in [4.78, 5) is 12.8. The zero-order valence-electron chi connectivity index (χ0n) is 19.1. The molecule has 0 saturated carbocycles. The van der Waals surface area contributed by atoms with Crippen LogP contribution in [0.3, 0.4) is 0 Å². The first kappa shape index (κ1) is 24.8. The number of amides is 1. The highest BCUT2D eigenvalue weighted by Crippen LogP contribution is 2.31. The highest BCUT2D eigenvalue weighted by Gasteiger charge is 2.27. The van der Waals surface area contributed by atoms with Crippen molar-refractivity contribution in [1.82, 2.24) is 4.31 Å². The van der Waals surface area contributed by atoms with Gasteiger partial charge in [0.05, 0.1) is 44.6 Å². The molecule has 1 amide bonds. The average molecular weight is 479 g/mol. The molecule has 1 N–H and O–H groups in total. The van der Waals surface area contributed by atoms with Crippen molar-refractivity contribution >= 4 is 21.6 Å². The summed E-state index contributed by atoms with van der Waals surface area (Å²) in [6.07, 6.45) is 0.670. The van der Waals surface area contributed by atoms with Gasteiger partial charge in [-0.25, -0.2) is 8.42 Å². The zero-order valence-corrected chi connectivity index (χ0v) is 19.9. The van der Waals surface area contributed by atoms with E-state index in [-0.39, 0.29) is 17.2 Å². The molecule has 1 saturated heterocycles. The fraction of sp³-hybridized carbons (Fsp3) is 0.435. The van der Waals surface area contributed by atoms with Crippen LogP contribution in [0.15, 0.2) is 41.3 Å². The molecule has 3 rings (SSSR count). The van der Waals surface area contributed by atoms with E-state index in [1.165, 1.54) is 16.4 Å². The topological polar surface area (TPSA) is 103 Å². The number of rotatable bonds is 10. The van der Waals surface area contributed by atoms with E-state index >= 15 is 0 Å². The molecule has 0 spiro atoms. The van der Waals surface area contributed by atoms with Gasteiger partial charge in [-0.15, -0.1) is 0 Å². The summed E-state index contributed by atoms with van der Waals surface area (Å²) in [5.74, 6) is 1.37. The van der Waals surface area contributed by atoms with Crippen LogP contribution in [0.1, 0.15) is 18.9 Å².